The average Bonchev–Trinajstić information content (AvgIpc) is 2.64. The highest BCUT2D eigenvalue weighted by Crippen LogP contribution is 2.26. The molecule has 6 nitrogen and oxygen atoms in total. The maximum absolute atomic E-state index is 12.2. The minimum Gasteiger partial charge on any atom is -0.360 e. The number of pyridine rings is 1. The quantitative estimate of drug-likeness (QED) is 0.844. The number of aromatic nitrogens is 2. The second kappa shape index (κ2) is 5.10. The van der Waals surface area contributed by atoms with Gasteiger partial charge in [-0.2, -0.15) is 0 Å². The van der Waals surface area contributed by atoms with Crippen LogP contribution in [0.25, 0.3) is 0 Å². The Hall–Kier alpha value is -1.12. The van der Waals surface area contributed by atoms with Crippen LogP contribution in [0.1, 0.15) is 11.5 Å². The van der Waals surface area contributed by atoms with Crippen LogP contribution in [0.4, 0.5) is 5.69 Å². The van der Waals surface area contributed by atoms with Crippen molar-refractivity contribution in [3.63, 3.8) is 0 Å². The van der Waals surface area contributed by atoms with Crippen molar-refractivity contribution in [2.45, 2.75) is 18.7 Å². The first-order valence-corrected chi connectivity index (χ1v) is 7.73. The van der Waals surface area contributed by atoms with Crippen LogP contribution in [-0.2, 0) is 10.0 Å². The van der Waals surface area contributed by atoms with E-state index < -0.39 is 10.0 Å². The number of rotatable bonds is 3. The Balaban J connectivity index is 2.39. The summed E-state index contributed by atoms with van der Waals surface area (Å²) in [5.41, 5.74) is 0.585. The highest BCUT2D eigenvalue weighted by Gasteiger charge is 2.24. The summed E-state index contributed by atoms with van der Waals surface area (Å²) in [6.45, 7) is 3.09. The van der Waals surface area contributed by atoms with Gasteiger partial charge in [-0.05, 0) is 35.8 Å². The molecule has 0 saturated carbocycles. The van der Waals surface area contributed by atoms with E-state index in [-0.39, 0.29) is 21.5 Å². The summed E-state index contributed by atoms with van der Waals surface area (Å²) in [5.74, 6) is 0.228. The summed E-state index contributed by atoms with van der Waals surface area (Å²) < 4.78 is 32.2. The molecule has 9 heteroatoms. The topological polar surface area (TPSA) is 85.1 Å². The molecule has 0 aromatic carbocycles. The maximum atomic E-state index is 12.2. The molecule has 19 heavy (non-hydrogen) atoms. The molecule has 0 aliphatic carbocycles. The van der Waals surface area contributed by atoms with Gasteiger partial charge in [-0.25, -0.2) is 13.4 Å². The lowest BCUT2D eigenvalue weighted by Crippen LogP contribution is -2.14. The van der Waals surface area contributed by atoms with Gasteiger partial charge in [0.15, 0.2) is 10.7 Å². The molecule has 2 rings (SSSR count). The lowest BCUT2D eigenvalue weighted by Gasteiger charge is -2.07. The number of halogens is 2. The van der Waals surface area contributed by atoms with Crippen molar-refractivity contribution in [1.82, 2.24) is 10.1 Å². The van der Waals surface area contributed by atoms with Gasteiger partial charge in [-0.3, -0.25) is 4.72 Å². The molecule has 2 aromatic rings. The predicted octanol–water partition coefficient (Wildman–Crippen LogP) is 2.90. The third kappa shape index (κ3) is 2.90. The van der Waals surface area contributed by atoms with E-state index >= 15 is 0 Å². The number of nitrogens with one attached hydrogen (secondary N) is 1. The van der Waals surface area contributed by atoms with Gasteiger partial charge >= 0.3 is 0 Å². The van der Waals surface area contributed by atoms with E-state index in [1.165, 1.54) is 19.2 Å². The lowest BCUT2D eigenvalue weighted by molar-refractivity contribution is 0.390. The second-order valence-corrected chi connectivity index (χ2v) is 6.59. The zero-order valence-electron chi connectivity index (χ0n) is 9.94. The number of aryl methyl sites for hydroxylation is 2. The molecule has 0 saturated heterocycles. The fraction of sp³-hybridized carbons (Fsp3) is 0.200. The van der Waals surface area contributed by atoms with E-state index in [1.807, 2.05) is 0 Å². The molecule has 0 bridgehead atoms. The van der Waals surface area contributed by atoms with Crippen molar-refractivity contribution in [2.75, 3.05) is 4.72 Å². The van der Waals surface area contributed by atoms with Crippen molar-refractivity contribution < 1.29 is 12.9 Å². The van der Waals surface area contributed by atoms with Crippen molar-refractivity contribution in [3.05, 3.63) is 33.3 Å². The van der Waals surface area contributed by atoms with E-state index in [4.69, 9.17) is 16.1 Å². The molecule has 0 fully saturated rings. The highest BCUT2D eigenvalue weighted by molar-refractivity contribution is 9.10. The third-order valence-corrected chi connectivity index (χ3v) is 5.04. The van der Waals surface area contributed by atoms with Gasteiger partial charge in [0.1, 0.15) is 10.8 Å². The molecule has 0 aliphatic rings. The third-order valence-electron chi connectivity index (χ3n) is 2.29. The Morgan fingerprint density at radius 2 is 2.11 bits per heavy atom. The van der Waals surface area contributed by atoms with Crippen LogP contribution in [0.5, 0.6) is 0 Å². The zero-order valence-corrected chi connectivity index (χ0v) is 13.1. The Bertz CT molecular complexity index is 710. The Morgan fingerprint density at radius 3 is 2.63 bits per heavy atom. The predicted molar refractivity (Wildman–Crippen MR) is 73.7 cm³/mol. The Labute approximate surface area is 123 Å². The first kappa shape index (κ1) is 14.3. The summed E-state index contributed by atoms with van der Waals surface area (Å²) in [6.07, 6.45) is 1.32. The summed E-state index contributed by atoms with van der Waals surface area (Å²) in [4.78, 5) is 3.87. The van der Waals surface area contributed by atoms with Crippen molar-refractivity contribution in [3.8, 4) is 0 Å². The van der Waals surface area contributed by atoms with Gasteiger partial charge in [0, 0.05) is 0 Å². The van der Waals surface area contributed by atoms with Crippen LogP contribution in [0.15, 0.2) is 26.2 Å². The smallest absolute Gasteiger partial charge is 0.267 e. The van der Waals surface area contributed by atoms with Crippen molar-refractivity contribution in [1.29, 1.82) is 0 Å². The van der Waals surface area contributed by atoms with Crippen LogP contribution in [0.3, 0.4) is 0 Å². The minimum absolute atomic E-state index is 0.0265. The monoisotopic (exact) mass is 365 g/mol. The molecule has 2 heterocycles. The van der Waals surface area contributed by atoms with E-state index in [2.05, 4.69) is 30.8 Å². The maximum Gasteiger partial charge on any atom is 0.267 e. The summed E-state index contributed by atoms with van der Waals surface area (Å²) in [6, 6.07) is 1.52. The lowest BCUT2D eigenvalue weighted by atomic mass is 10.4. The molecule has 1 N–H and O–H groups in total. The van der Waals surface area contributed by atoms with Gasteiger partial charge in [0.2, 0.25) is 0 Å². The van der Waals surface area contributed by atoms with Crippen LogP contribution < -0.4 is 4.72 Å². The van der Waals surface area contributed by atoms with Crippen LogP contribution >= 0.6 is 27.5 Å². The van der Waals surface area contributed by atoms with E-state index in [9.17, 15) is 8.42 Å². The van der Waals surface area contributed by atoms with Gasteiger partial charge < -0.3 is 4.52 Å². The van der Waals surface area contributed by atoms with Crippen LogP contribution in [0, 0.1) is 13.8 Å². The molecule has 0 radical (unpaired) electrons. The van der Waals surface area contributed by atoms with E-state index in [0.29, 0.717) is 10.2 Å². The fourth-order valence-electron chi connectivity index (χ4n) is 1.54. The molecule has 0 atom stereocenters. The highest BCUT2D eigenvalue weighted by atomic mass is 79.9. The van der Waals surface area contributed by atoms with Gasteiger partial charge in [0.25, 0.3) is 10.0 Å². The van der Waals surface area contributed by atoms with Crippen molar-refractivity contribution in [2.24, 2.45) is 0 Å². The Kier molecular flexibility index (Phi) is 3.84. The first-order chi connectivity index (χ1) is 8.81. The number of hydrogen-bond donors (Lipinski definition) is 1. The summed E-state index contributed by atoms with van der Waals surface area (Å²) in [7, 11) is -3.77. The zero-order chi connectivity index (χ0) is 14.2. The standard InChI is InChI=1S/C10H9BrClN3O3S/c1-5-9(6(2)18-14-5)19(16,17)15-7-3-8(11)10(12)13-4-7/h3-4,15H,1-2H3. The van der Waals surface area contributed by atoms with Gasteiger partial charge in [-0.1, -0.05) is 16.8 Å². The largest absolute Gasteiger partial charge is 0.360 e. The number of anilines is 1. The minimum atomic E-state index is -3.77. The molecule has 2 aromatic heterocycles. The molecular formula is C10H9BrClN3O3S. The average molecular weight is 367 g/mol. The van der Waals surface area contributed by atoms with Crippen LogP contribution in [-0.4, -0.2) is 18.6 Å². The molecule has 102 valence electrons. The number of hydrogen-bond acceptors (Lipinski definition) is 5. The molecule has 0 unspecified atom stereocenters. The molecular weight excluding hydrogens is 358 g/mol. The van der Waals surface area contributed by atoms with E-state index in [0.717, 1.165) is 0 Å². The molecule has 0 aliphatic heterocycles. The number of sulfonamides is 1. The summed E-state index contributed by atoms with van der Waals surface area (Å²) in [5, 5.41) is 3.87. The van der Waals surface area contributed by atoms with Gasteiger partial charge in [-0.15, -0.1) is 0 Å². The SMILES string of the molecule is Cc1noc(C)c1S(=O)(=O)Nc1cnc(Cl)c(Br)c1. The number of nitrogens with zero attached hydrogens (tertiary/aromatic N) is 2. The Morgan fingerprint density at radius 1 is 1.42 bits per heavy atom. The van der Waals surface area contributed by atoms with E-state index in [1.54, 1.807) is 6.92 Å². The molecule has 0 amide bonds. The normalized spacial score (nSPS) is 11.6. The summed E-state index contributed by atoms with van der Waals surface area (Å²) >= 11 is 8.91. The fourth-order valence-corrected chi connectivity index (χ4v) is 3.36. The molecule has 0 spiro atoms. The van der Waals surface area contributed by atoms with Crippen molar-refractivity contribution >= 4 is 43.2 Å². The second-order valence-electron chi connectivity index (χ2n) is 3.76. The first-order valence-electron chi connectivity index (χ1n) is 5.08. The van der Waals surface area contributed by atoms with Crippen LogP contribution in [0.2, 0.25) is 5.15 Å². The van der Waals surface area contributed by atoms with Gasteiger partial charge in [0.05, 0.1) is 16.4 Å².